The number of carbonyl (C=O) groups is 2. The van der Waals surface area contributed by atoms with Gasteiger partial charge < -0.3 is 24.8 Å². The Morgan fingerprint density at radius 1 is 0.968 bits per heavy atom. The second-order valence-electron chi connectivity index (χ2n) is 7.68. The molecule has 31 heavy (non-hydrogen) atoms. The lowest BCUT2D eigenvalue weighted by atomic mass is 10.1. The Hall–Kier alpha value is -3.22. The molecule has 0 aliphatic rings. The Balaban J connectivity index is 1.96. The first-order valence-electron chi connectivity index (χ1n) is 10.4. The third kappa shape index (κ3) is 7.51. The van der Waals surface area contributed by atoms with E-state index in [1.54, 1.807) is 49.6 Å². The highest BCUT2D eigenvalue weighted by Gasteiger charge is 2.13. The van der Waals surface area contributed by atoms with Gasteiger partial charge in [0.15, 0.2) is 11.5 Å². The van der Waals surface area contributed by atoms with Crippen LogP contribution in [0.1, 0.15) is 55.6 Å². The summed E-state index contributed by atoms with van der Waals surface area (Å²) >= 11 is 0. The van der Waals surface area contributed by atoms with Crippen LogP contribution in [0.25, 0.3) is 0 Å². The van der Waals surface area contributed by atoms with Gasteiger partial charge in [-0.15, -0.1) is 0 Å². The lowest BCUT2D eigenvalue weighted by molar-refractivity contribution is 0.0600. The van der Waals surface area contributed by atoms with Crippen molar-refractivity contribution in [1.82, 2.24) is 5.32 Å². The molecule has 2 amide bonds. The van der Waals surface area contributed by atoms with Gasteiger partial charge in [-0.3, -0.25) is 0 Å². The first-order chi connectivity index (χ1) is 14.8. The highest BCUT2D eigenvalue weighted by Crippen LogP contribution is 2.30. The van der Waals surface area contributed by atoms with E-state index in [4.69, 9.17) is 14.2 Å². The van der Waals surface area contributed by atoms with Crippen LogP contribution in [0.2, 0.25) is 0 Å². The summed E-state index contributed by atoms with van der Waals surface area (Å²) in [7, 11) is 2.93. The van der Waals surface area contributed by atoms with E-state index in [1.165, 1.54) is 7.11 Å². The number of esters is 1. The van der Waals surface area contributed by atoms with Gasteiger partial charge in [0.2, 0.25) is 0 Å². The standard InChI is InChI=1S/C24H32N2O5/c1-16(2)7-6-14-31-22-15-20(12-13-21(22)29-4)26-24(28)25-17(3)18-8-10-19(11-9-18)23(27)30-5/h8-13,15-17H,6-7,14H2,1-5H3,(H2,25,26,28)/t17-/m0/s1. The maximum Gasteiger partial charge on any atom is 0.337 e. The quantitative estimate of drug-likeness (QED) is 0.402. The smallest absolute Gasteiger partial charge is 0.337 e. The molecule has 2 N–H and O–H groups in total. The van der Waals surface area contributed by atoms with Crippen LogP contribution in [-0.2, 0) is 4.74 Å². The molecule has 0 unspecified atom stereocenters. The molecule has 0 fully saturated rings. The molecular formula is C24H32N2O5. The highest BCUT2D eigenvalue weighted by atomic mass is 16.5. The molecule has 1 atom stereocenters. The van der Waals surface area contributed by atoms with Crippen molar-refractivity contribution >= 4 is 17.7 Å². The van der Waals surface area contributed by atoms with Gasteiger partial charge in [-0.25, -0.2) is 9.59 Å². The molecule has 0 aliphatic heterocycles. The van der Waals surface area contributed by atoms with Crippen LogP contribution in [0.5, 0.6) is 11.5 Å². The number of hydrogen-bond acceptors (Lipinski definition) is 5. The van der Waals surface area contributed by atoms with Crippen molar-refractivity contribution in [3.05, 3.63) is 53.6 Å². The maximum atomic E-state index is 12.5. The van der Waals surface area contributed by atoms with Crippen molar-refractivity contribution in [2.24, 2.45) is 5.92 Å². The predicted octanol–water partition coefficient (Wildman–Crippen LogP) is 5.18. The fourth-order valence-corrected chi connectivity index (χ4v) is 3.01. The molecular weight excluding hydrogens is 396 g/mol. The predicted molar refractivity (Wildman–Crippen MR) is 121 cm³/mol. The van der Waals surface area contributed by atoms with Crippen molar-refractivity contribution in [2.75, 3.05) is 26.1 Å². The number of rotatable bonds is 10. The Morgan fingerprint density at radius 3 is 2.29 bits per heavy atom. The zero-order valence-electron chi connectivity index (χ0n) is 18.9. The van der Waals surface area contributed by atoms with E-state index in [2.05, 4.69) is 24.5 Å². The zero-order valence-corrected chi connectivity index (χ0v) is 18.9. The molecule has 7 nitrogen and oxygen atoms in total. The number of ether oxygens (including phenoxy) is 3. The largest absolute Gasteiger partial charge is 0.493 e. The zero-order chi connectivity index (χ0) is 22.8. The lowest BCUT2D eigenvalue weighted by Crippen LogP contribution is -2.31. The topological polar surface area (TPSA) is 85.9 Å². The van der Waals surface area contributed by atoms with Gasteiger partial charge >= 0.3 is 12.0 Å². The first kappa shape index (κ1) is 24.1. The highest BCUT2D eigenvalue weighted by molar-refractivity contribution is 5.90. The minimum atomic E-state index is -0.397. The third-order valence-corrected chi connectivity index (χ3v) is 4.78. The van der Waals surface area contributed by atoms with Crippen molar-refractivity contribution in [3.8, 4) is 11.5 Å². The van der Waals surface area contributed by atoms with Gasteiger partial charge in [-0.2, -0.15) is 0 Å². The number of nitrogens with one attached hydrogen (secondary N) is 2. The normalized spacial score (nSPS) is 11.5. The van der Waals surface area contributed by atoms with Gasteiger partial charge in [0.05, 0.1) is 32.4 Å². The van der Waals surface area contributed by atoms with Crippen LogP contribution >= 0.6 is 0 Å². The molecule has 2 rings (SSSR count). The minimum Gasteiger partial charge on any atom is -0.493 e. The van der Waals surface area contributed by atoms with Crippen molar-refractivity contribution in [3.63, 3.8) is 0 Å². The molecule has 0 radical (unpaired) electrons. The van der Waals surface area contributed by atoms with Crippen LogP contribution < -0.4 is 20.1 Å². The molecule has 0 spiro atoms. The molecule has 0 heterocycles. The summed E-state index contributed by atoms with van der Waals surface area (Å²) < 4.78 is 15.9. The molecule has 0 aromatic heterocycles. The lowest BCUT2D eigenvalue weighted by Gasteiger charge is -2.17. The number of methoxy groups -OCH3 is 2. The summed E-state index contributed by atoms with van der Waals surface area (Å²) in [5.74, 6) is 1.44. The van der Waals surface area contributed by atoms with E-state index in [1.807, 2.05) is 6.92 Å². The number of carbonyl (C=O) groups excluding carboxylic acids is 2. The molecule has 0 saturated carbocycles. The average Bonchev–Trinajstić information content (AvgIpc) is 2.76. The third-order valence-electron chi connectivity index (χ3n) is 4.78. The summed E-state index contributed by atoms with van der Waals surface area (Å²) in [6.45, 7) is 6.81. The van der Waals surface area contributed by atoms with Gasteiger partial charge in [0.1, 0.15) is 0 Å². The SMILES string of the molecule is COC(=O)c1ccc([C@H](C)NC(=O)Nc2ccc(OC)c(OCCCC(C)C)c2)cc1. The van der Waals surface area contributed by atoms with Gasteiger partial charge in [0.25, 0.3) is 0 Å². The van der Waals surface area contributed by atoms with Gasteiger partial charge in [-0.05, 0) is 55.5 Å². The monoisotopic (exact) mass is 428 g/mol. The van der Waals surface area contributed by atoms with Crippen LogP contribution in [0, 0.1) is 5.92 Å². The molecule has 2 aromatic carbocycles. The van der Waals surface area contributed by atoms with Crippen LogP contribution in [0.4, 0.5) is 10.5 Å². The Kier molecular flexibility index (Phi) is 9.18. The first-order valence-corrected chi connectivity index (χ1v) is 10.4. The van der Waals surface area contributed by atoms with Crippen LogP contribution in [0.3, 0.4) is 0 Å². The maximum absolute atomic E-state index is 12.5. The number of hydrogen-bond donors (Lipinski definition) is 2. The van der Waals surface area contributed by atoms with Gasteiger partial charge in [0, 0.05) is 11.8 Å². The van der Waals surface area contributed by atoms with E-state index in [0.29, 0.717) is 35.3 Å². The van der Waals surface area contributed by atoms with Crippen LogP contribution in [-0.4, -0.2) is 32.8 Å². The average molecular weight is 429 g/mol. The van der Waals surface area contributed by atoms with Crippen molar-refractivity contribution in [2.45, 2.75) is 39.7 Å². The van der Waals surface area contributed by atoms with Crippen molar-refractivity contribution < 1.29 is 23.8 Å². The molecule has 168 valence electrons. The number of benzene rings is 2. The number of urea groups is 1. The summed E-state index contributed by atoms with van der Waals surface area (Å²) in [4.78, 5) is 24.0. The second-order valence-corrected chi connectivity index (χ2v) is 7.68. The van der Waals surface area contributed by atoms with Crippen molar-refractivity contribution in [1.29, 1.82) is 0 Å². The summed E-state index contributed by atoms with van der Waals surface area (Å²) in [6, 6.07) is 11.6. The number of amides is 2. The van der Waals surface area contributed by atoms with E-state index in [9.17, 15) is 9.59 Å². The van der Waals surface area contributed by atoms with Gasteiger partial charge in [-0.1, -0.05) is 26.0 Å². The summed E-state index contributed by atoms with van der Waals surface area (Å²) in [6.07, 6.45) is 2.03. The molecule has 0 saturated heterocycles. The fraction of sp³-hybridized carbons (Fsp3) is 0.417. The van der Waals surface area contributed by atoms with E-state index in [-0.39, 0.29) is 12.1 Å². The summed E-state index contributed by atoms with van der Waals surface area (Å²) in [5, 5.41) is 5.70. The van der Waals surface area contributed by atoms with E-state index < -0.39 is 5.97 Å². The van der Waals surface area contributed by atoms with E-state index in [0.717, 1.165) is 18.4 Å². The molecule has 0 bridgehead atoms. The second kappa shape index (κ2) is 11.8. The van der Waals surface area contributed by atoms with E-state index >= 15 is 0 Å². The fourth-order valence-electron chi connectivity index (χ4n) is 3.01. The minimum absolute atomic E-state index is 0.253. The summed E-state index contributed by atoms with van der Waals surface area (Å²) in [5.41, 5.74) is 1.93. The molecule has 7 heteroatoms. The van der Waals surface area contributed by atoms with Crippen LogP contribution in [0.15, 0.2) is 42.5 Å². The Morgan fingerprint density at radius 2 is 1.68 bits per heavy atom. The Bertz CT molecular complexity index is 865. The number of anilines is 1. The molecule has 2 aromatic rings. The Labute approximate surface area is 184 Å². The molecule has 0 aliphatic carbocycles.